The molecule has 3 rings (SSSR count). The number of hydrogen-bond acceptors (Lipinski definition) is 3. The Hall–Kier alpha value is -2.20. The molecule has 1 aromatic carbocycles. The van der Waals surface area contributed by atoms with Crippen LogP contribution in [-0.2, 0) is 13.0 Å². The summed E-state index contributed by atoms with van der Waals surface area (Å²) in [7, 11) is 2.18. The van der Waals surface area contributed by atoms with Crippen molar-refractivity contribution in [2.75, 3.05) is 13.6 Å². The predicted octanol–water partition coefficient (Wildman–Crippen LogP) is 3.64. The highest BCUT2D eigenvalue weighted by Crippen LogP contribution is 2.18. The van der Waals surface area contributed by atoms with Gasteiger partial charge in [0.1, 0.15) is 0 Å². The van der Waals surface area contributed by atoms with E-state index in [0.29, 0.717) is 0 Å². The molecule has 0 atom stereocenters. The van der Waals surface area contributed by atoms with Gasteiger partial charge in [0, 0.05) is 23.8 Å². The summed E-state index contributed by atoms with van der Waals surface area (Å²) >= 11 is 0. The van der Waals surface area contributed by atoms with Gasteiger partial charge >= 0.3 is 0 Å². The molecule has 0 fully saturated rings. The minimum Gasteiger partial charge on any atom is -0.302 e. The topological polar surface area (TPSA) is 44.8 Å². The Morgan fingerprint density at radius 3 is 2.74 bits per heavy atom. The summed E-state index contributed by atoms with van der Waals surface area (Å²) < 4.78 is 0. The number of H-pyrrole nitrogens is 1. The van der Waals surface area contributed by atoms with Crippen LogP contribution in [0.3, 0.4) is 0 Å². The fourth-order valence-electron chi connectivity index (χ4n) is 3.13. The molecule has 1 N–H and O–H groups in total. The van der Waals surface area contributed by atoms with Crippen LogP contribution in [0.15, 0.2) is 36.5 Å². The van der Waals surface area contributed by atoms with Gasteiger partial charge in [-0.25, -0.2) is 0 Å². The van der Waals surface area contributed by atoms with E-state index in [-0.39, 0.29) is 0 Å². The first-order valence-electron chi connectivity index (χ1n) is 8.17. The van der Waals surface area contributed by atoms with Crippen LogP contribution in [0.5, 0.6) is 0 Å². The molecule has 0 saturated carbocycles. The number of para-hydroxylation sites is 1. The number of aryl methyl sites for hydroxylation is 2. The largest absolute Gasteiger partial charge is 0.302 e. The summed E-state index contributed by atoms with van der Waals surface area (Å²) in [5.74, 6) is 0. The van der Waals surface area contributed by atoms with Gasteiger partial charge in [0.2, 0.25) is 0 Å². The fourth-order valence-corrected chi connectivity index (χ4v) is 3.13. The minimum atomic E-state index is 0.951. The predicted molar refractivity (Wildman–Crippen MR) is 94.5 cm³/mol. The van der Waals surface area contributed by atoms with Crippen molar-refractivity contribution in [3.05, 3.63) is 59.0 Å². The lowest BCUT2D eigenvalue weighted by molar-refractivity contribution is 0.323. The molecule has 0 saturated heterocycles. The number of rotatable bonds is 6. The zero-order valence-corrected chi connectivity index (χ0v) is 14.1. The number of hydrogen-bond donors (Lipinski definition) is 1. The van der Waals surface area contributed by atoms with Crippen LogP contribution >= 0.6 is 0 Å². The van der Waals surface area contributed by atoms with Gasteiger partial charge in [-0.15, -0.1) is 0 Å². The normalized spacial score (nSPS) is 11.5. The molecule has 2 aromatic heterocycles. The van der Waals surface area contributed by atoms with Crippen molar-refractivity contribution < 1.29 is 0 Å². The van der Waals surface area contributed by atoms with Crippen LogP contribution in [0.1, 0.15) is 28.9 Å². The van der Waals surface area contributed by atoms with E-state index in [4.69, 9.17) is 0 Å². The molecule has 120 valence electrons. The lowest BCUT2D eigenvalue weighted by atomic mass is 10.1. The van der Waals surface area contributed by atoms with Gasteiger partial charge in [-0.1, -0.05) is 18.2 Å². The molecule has 0 aliphatic heterocycles. The quantitative estimate of drug-likeness (QED) is 0.756. The second-order valence-corrected chi connectivity index (χ2v) is 6.24. The van der Waals surface area contributed by atoms with Crippen molar-refractivity contribution in [3.63, 3.8) is 0 Å². The highest BCUT2D eigenvalue weighted by atomic mass is 15.1. The molecule has 0 bridgehead atoms. The Morgan fingerprint density at radius 2 is 1.96 bits per heavy atom. The third kappa shape index (κ3) is 3.59. The van der Waals surface area contributed by atoms with Crippen molar-refractivity contribution in [2.24, 2.45) is 0 Å². The van der Waals surface area contributed by atoms with Gasteiger partial charge in [-0.05, 0) is 63.5 Å². The van der Waals surface area contributed by atoms with Crippen molar-refractivity contribution in [1.29, 1.82) is 0 Å². The highest BCUT2D eigenvalue weighted by molar-refractivity contribution is 5.81. The monoisotopic (exact) mass is 308 g/mol. The number of aromatic amines is 1. The average Bonchev–Trinajstić information content (AvgIpc) is 2.87. The summed E-state index contributed by atoms with van der Waals surface area (Å²) in [5, 5.41) is 8.59. The molecule has 4 heteroatoms. The van der Waals surface area contributed by atoms with Gasteiger partial charge in [0.15, 0.2) is 0 Å². The molecule has 0 spiro atoms. The second kappa shape index (κ2) is 6.92. The van der Waals surface area contributed by atoms with Gasteiger partial charge < -0.3 is 4.90 Å². The fraction of sp³-hybridized carbons (Fsp3) is 0.368. The number of pyridine rings is 1. The van der Waals surface area contributed by atoms with E-state index < -0.39 is 0 Å². The van der Waals surface area contributed by atoms with E-state index in [1.54, 1.807) is 0 Å². The molecule has 0 aliphatic rings. The number of aromatic nitrogens is 3. The first kappa shape index (κ1) is 15.7. The van der Waals surface area contributed by atoms with Crippen LogP contribution in [0.4, 0.5) is 0 Å². The Labute approximate surface area is 137 Å². The minimum absolute atomic E-state index is 0.951. The van der Waals surface area contributed by atoms with Gasteiger partial charge in [0.25, 0.3) is 0 Å². The molecule has 0 amide bonds. The van der Waals surface area contributed by atoms with E-state index in [9.17, 15) is 0 Å². The third-order valence-electron chi connectivity index (χ3n) is 4.43. The van der Waals surface area contributed by atoms with E-state index in [1.165, 1.54) is 22.2 Å². The number of nitrogens with zero attached hydrogens (tertiary/aromatic N) is 3. The first-order valence-corrected chi connectivity index (χ1v) is 8.17. The van der Waals surface area contributed by atoms with Crippen LogP contribution in [0.25, 0.3) is 10.9 Å². The maximum absolute atomic E-state index is 4.44. The Bertz CT molecular complexity index is 766. The van der Waals surface area contributed by atoms with Gasteiger partial charge in [-0.3, -0.25) is 10.1 Å². The third-order valence-corrected chi connectivity index (χ3v) is 4.43. The van der Waals surface area contributed by atoms with Crippen molar-refractivity contribution >= 4 is 10.9 Å². The number of benzene rings is 1. The molecule has 0 aliphatic carbocycles. The molecule has 3 aromatic rings. The Morgan fingerprint density at radius 1 is 1.13 bits per heavy atom. The van der Waals surface area contributed by atoms with Crippen molar-refractivity contribution in [2.45, 2.75) is 33.2 Å². The van der Waals surface area contributed by atoms with E-state index in [1.807, 2.05) is 12.3 Å². The van der Waals surface area contributed by atoms with Crippen LogP contribution in [-0.4, -0.2) is 33.7 Å². The van der Waals surface area contributed by atoms with Gasteiger partial charge in [0.05, 0.1) is 11.2 Å². The first-order chi connectivity index (χ1) is 11.1. The molecule has 23 heavy (non-hydrogen) atoms. The lowest BCUT2D eigenvalue weighted by Crippen LogP contribution is -2.20. The van der Waals surface area contributed by atoms with Crippen LogP contribution < -0.4 is 0 Å². The molecule has 0 unspecified atom stereocenters. The zero-order valence-electron chi connectivity index (χ0n) is 14.1. The molecular formula is C19H24N4. The van der Waals surface area contributed by atoms with Crippen molar-refractivity contribution in [1.82, 2.24) is 20.1 Å². The summed E-state index contributed by atoms with van der Waals surface area (Å²) in [5.41, 5.74) is 6.11. The summed E-state index contributed by atoms with van der Waals surface area (Å²) in [6, 6.07) is 10.5. The van der Waals surface area contributed by atoms with Gasteiger partial charge in [-0.2, -0.15) is 5.10 Å². The number of nitrogens with one attached hydrogen (secondary N) is 1. The average molecular weight is 308 g/mol. The maximum atomic E-state index is 4.44. The summed E-state index contributed by atoms with van der Waals surface area (Å²) in [6.07, 6.45) is 4.13. The lowest BCUT2D eigenvalue weighted by Gasteiger charge is -2.17. The Balaban J connectivity index is 1.60. The summed E-state index contributed by atoms with van der Waals surface area (Å²) in [6.45, 7) is 6.20. The number of fused-ring (bicyclic) bond motifs is 1. The van der Waals surface area contributed by atoms with Crippen molar-refractivity contribution in [3.8, 4) is 0 Å². The van der Waals surface area contributed by atoms with E-state index in [0.717, 1.165) is 37.1 Å². The van der Waals surface area contributed by atoms with E-state index >= 15 is 0 Å². The van der Waals surface area contributed by atoms with Crippen LogP contribution in [0.2, 0.25) is 0 Å². The standard InChI is InChI=1S/C19H24N4/c1-14-17(15(2)22-21-14)8-6-12-23(3)13-16-10-11-20-19-9-5-4-7-18(16)19/h4-5,7,9-11H,6,8,12-13H2,1-3H3,(H,21,22). The highest BCUT2D eigenvalue weighted by Gasteiger charge is 2.08. The molecule has 2 heterocycles. The van der Waals surface area contributed by atoms with Crippen LogP contribution in [0, 0.1) is 13.8 Å². The molecule has 0 radical (unpaired) electrons. The zero-order chi connectivity index (χ0) is 16.2. The summed E-state index contributed by atoms with van der Waals surface area (Å²) in [4.78, 5) is 6.82. The SMILES string of the molecule is Cc1n[nH]c(C)c1CCCN(C)Cc1ccnc2ccccc12. The molecule has 4 nitrogen and oxygen atoms in total. The maximum Gasteiger partial charge on any atom is 0.0705 e. The second-order valence-electron chi connectivity index (χ2n) is 6.24. The smallest absolute Gasteiger partial charge is 0.0705 e. The Kier molecular flexibility index (Phi) is 4.72. The van der Waals surface area contributed by atoms with E-state index in [2.05, 4.69) is 65.2 Å². The molecular weight excluding hydrogens is 284 g/mol.